The number of hydrogen-bond acceptors (Lipinski definition) is 2. The van der Waals surface area contributed by atoms with Crippen molar-refractivity contribution in [1.82, 2.24) is 15.5 Å². The van der Waals surface area contributed by atoms with Crippen LogP contribution in [0.5, 0.6) is 0 Å². The van der Waals surface area contributed by atoms with Crippen LogP contribution in [0.25, 0.3) is 0 Å². The summed E-state index contributed by atoms with van der Waals surface area (Å²) in [4.78, 5) is 14.2. The molecule has 2 amide bonds. The Balaban J connectivity index is 1.93. The van der Waals surface area contributed by atoms with E-state index in [0.29, 0.717) is 12.1 Å². The van der Waals surface area contributed by atoms with Crippen molar-refractivity contribution in [1.29, 1.82) is 0 Å². The Morgan fingerprint density at radius 1 is 1.22 bits per heavy atom. The minimum atomic E-state index is 0.142. The van der Waals surface area contributed by atoms with Gasteiger partial charge >= 0.3 is 6.03 Å². The van der Waals surface area contributed by atoms with Crippen LogP contribution < -0.4 is 10.6 Å². The zero-order chi connectivity index (χ0) is 13.3. The van der Waals surface area contributed by atoms with Crippen molar-refractivity contribution >= 4 is 6.03 Å². The van der Waals surface area contributed by atoms with Crippen LogP contribution in [0.1, 0.15) is 46.5 Å². The van der Waals surface area contributed by atoms with Crippen molar-refractivity contribution < 1.29 is 4.79 Å². The van der Waals surface area contributed by atoms with Gasteiger partial charge in [0.2, 0.25) is 0 Å². The number of carbonyl (C=O) groups excluding carboxylic acids is 1. The zero-order valence-electron chi connectivity index (χ0n) is 12.1. The second kappa shape index (κ2) is 5.08. The van der Waals surface area contributed by atoms with Crippen LogP contribution in [-0.4, -0.2) is 42.6 Å². The molecule has 2 rings (SSSR count). The Hall–Kier alpha value is -0.770. The number of urea groups is 1. The standard InChI is InChI=1S/C14H27N3O/c1-14(2,3)12-9-17(13(18)16-12)11-7-5-10(15-4)6-8-11/h10-12,15H,5-9H2,1-4H3,(H,16,18). The lowest BCUT2D eigenvalue weighted by molar-refractivity contribution is 0.166. The van der Waals surface area contributed by atoms with Gasteiger partial charge in [-0.25, -0.2) is 4.79 Å². The maximum absolute atomic E-state index is 12.1. The fourth-order valence-corrected chi connectivity index (χ4v) is 3.04. The minimum absolute atomic E-state index is 0.142. The van der Waals surface area contributed by atoms with Crippen LogP contribution in [0.3, 0.4) is 0 Å². The lowest BCUT2D eigenvalue weighted by atomic mass is 9.86. The van der Waals surface area contributed by atoms with Gasteiger partial charge in [0.15, 0.2) is 0 Å². The molecule has 1 saturated heterocycles. The Kier molecular flexibility index (Phi) is 3.85. The first kappa shape index (κ1) is 13.7. The SMILES string of the molecule is CNC1CCC(N2CC(C(C)(C)C)NC2=O)CC1. The molecule has 1 unspecified atom stereocenters. The Morgan fingerprint density at radius 2 is 1.83 bits per heavy atom. The highest BCUT2D eigenvalue weighted by atomic mass is 16.2. The predicted octanol–water partition coefficient (Wildman–Crippen LogP) is 1.96. The minimum Gasteiger partial charge on any atom is -0.333 e. The van der Waals surface area contributed by atoms with E-state index in [9.17, 15) is 4.79 Å². The van der Waals surface area contributed by atoms with E-state index in [1.54, 1.807) is 0 Å². The van der Waals surface area contributed by atoms with Crippen LogP contribution in [0.15, 0.2) is 0 Å². The number of amides is 2. The van der Waals surface area contributed by atoms with Crippen LogP contribution in [-0.2, 0) is 0 Å². The lowest BCUT2D eigenvalue weighted by Crippen LogP contribution is -2.43. The fourth-order valence-electron chi connectivity index (χ4n) is 3.04. The van der Waals surface area contributed by atoms with Gasteiger partial charge in [0, 0.05) is 18.6 Å². The molecule has 2 N–H and O–H groups in total. The van der Waals surface area contributed by atoms with E-state index in [1.807, 2.05) is 7.05 Å². The topological polar surface area (TPSA) is 44.4 Å². The van der Waals surface area contributed by atoms with E-state index in [4.69, 9.17) is 0 Å². The number of nitrogens with one attached hydrogen (secondary N) is 2. The summed E-state index contributed by atoms with van der Waals surface area (Å²) in [6, 6.07) is 1.52. The van der Waals surface area contributed by atoms with E-state index in [1.165, 1.54) is 12.8 Å². The van der Waals surface area contributed by atoms with Gasteiger partial charge in [0.05, 0.1) is 6.04 Å². The molecule has 18 heavy (non-hydrogen) atoms. The number of nitrogens with zero attached hydrogens (tertiary/aromatic N) is 1. The van der Waals surface area contributed by atoms with E-state index in [2.05, 4.69) is 36.3 Å². The quantitative estimate of drug-likeness (QED) is 0.790. The van der Waals surface area contributed by atoms with E-state index in [-0.39, 0.29) is 17.5 Å². The van der Waals surface area contributed by atoms with Crippen molar-refractivity contribution in [3.05, 3.63) is 0 Å². The third-order valence-corrected chi connectivity index (χ3v) is 4.53. The van der Waals surface area contributed by atoms with Crippen molar-refractivity contribution in [2.24, 2.45) is 5.41 Å². The summed E-state index contributed by atoms with van der Waals surface area (Å²) in [5.74, 6) is 0. The molecule has 0 bridgehead atoms. The van der Waals surface area contributed by atoms with Gasteiger partial charge in [-0.15, -0.1) is 0 Å². The molecule has 1 saturated carbocycles. The van der Waals surface area contributed by atoms with Crippen molar-refractivity contribution in [2.45, 2.75) is 64.6 Å². The first-order chi connectivity index (χ1) is 8.41. The van der Waals surface area contributed by atoms with Crippen LogP contribution >= 0.6 is 0 Å². The van der Waals surface area contributed by atoms with Crippen LogP contribution in [0.2, 0.25) is 0 Å². The van der Waals surface area contributed by atoms with Gasteiger partial charge in [-0.1, -0.05) is 20.8 Å². The molecule has 0 aromatic heterocycles. The molecular weight excluding hydrogens is 226 g/mol. The molecule has 0 aromatic rings. The molecule has 0 aromatic carbocycles. The highest BCUT2D eigenvalue weighted by Gasteiger charge is 2.39. The first-order valence-corrected chi connectivity index (χ1v) is 7.16. The highest BCUT2D eigenvalue weighted by molar-refractivity contribution is 5.77. The molecule has 0 spiro atoms. The van der Waals surface area contributed by atoms with Crippen LogP contribution in [0, 0.1) is 5.41 Å². The van der Waals surface area contributed by atoms with Gasteiger partial charge in [0.1, 0.15) is 0 Å². The summed E-state index contributed by atoms with van der Waals surface area (Å²) in [5.41, 5.74) is 0.145. The summed E-state index contributed by atoms with van der Waals surface area (Å²) < 4.78 is 0. The zero-order valence-corrected chi connectivity index (χ0v) is 12.1. The van der Waals surface area contributed by atoms with Crippen molar-refractivity contribution in [2.75, 3.05) is 13.6 Å². The van der Waals surface area contributed by atoms with Gasteiger partial charge in [-0.05, 0) is 38.1 Å². The number of carbonyl (C=O) groups is 1. The van der Waals surface area contributed by atoms with E-state index in [0.717, 1.165) is 19.4 Å². The Labute approximate surface area is 110 Å². The molecule has 1 heterocycles. The third-order valence-electron chi connectivity index (χ3n) is 4.53. The van der Waals surface area contributed by atoms with Crippen molar-refractivity contribution in [3.63, 3.8) is 0 Å². The summed E-state index contributed by atoms with van der Waals surface area (Å²) >= 11 is 0. The van der Waals surface area contributed by atoms with Gasteiger partial charge in [0.25, 0.3) is 0 Å². The van der Waals surface area contributed by atoms with E-state index < -0.39 is 0 Å². The highest BCUT2D eigenvalue weighted by Crippen LogP contribution is 2.29. The second-order valence-corrected chi connectivity index (χ2v) is 6.81. The number of rotatable bonds is 2. The third kappa shape index (κ3) is 2.79. The average molecular weight is 253 g/mol. The van der Waals surface area contributed by atoms with Gasteiger partial charge in [-0.2, -0.15) is 0 Å². The molecule has 4 nitrogen and oxygen atoms in total. The molecule has 1 atom stereocenters. The predicted molar refractivity (Wildman–Crippen MR) is 73.6 cm³/mol. The Bertz CT molecular complexity index is 303. The largest absolute Gasteiger partial charge is 0.333 e. The molecule has 104 valence electrons. The molecule has 2 fully saturated rings. The smallest absolute Gasteiger partial charge is 0.318 e. The molecule has 0 radical (unpaired) electrons. The summed E-state index contributed by atoms with van der Waals surface area (Å²) in [6.07, 6.45) is 4.64. The van der Waals surface area contributed by atoms with Crippen molar-refractivity contribution in [3.8, 4) is 0 Å². The normalized spacial score (nSPS) is 33.7. The Morgan fingerprint density at radius 3 is 2.28 bits per heavy atom. The monoisotopic (exact) mass is 253 g/mol. The van der Waals surface area contributed by atoms with Crippen LogP contribution in [0.4, 0.5) is 4.79 Å². The molecular formula is C14H27N3O. The summed E-state index contributed by atoms with van der Waals surface area (Å²) in [5, 5.41) is 6.48. The first-order valence-electron chi connectivity index (χ1n) is 7.16. The maximum Gasteiger partial charge on any atom is 0.318 e. The maximum atomic E-state index is 12.1. The average Bonchev–Trinajstić information content (AvgIpc) is 2.71. The molecule has 2 aliphatic rings. The summed E-state index contributed by atoms with van der Waals surface area (Å²) in [6.45, 7) is 7.45. The number of hydrogen-bond donors (Lipinski definition) is 2. The summed E-state index contributed by atoms with van der Waals surface area (Å²) in [7, 11) is 2.03. The van der Waals surface area contributed by atoms with Gasteiger partial charge < -0.3 is 15.5 Å². The fraction of sp³-hybridized carbons (Fsp3) is 0.929. The van der Waals surface area contributed by atoms with Gasteiger partial charge in [-0.3, -0.25) is 0 Å². The molecule has 1 aliphatic carbocycles. The van der Waals surface area contributed by atoms with E-state index >= 15 is 0 Å². The molecule has 4 heteroatoms. The second-order valence-electron chi connectivity index (χ2n) is 6.81. The molecule has 1 aliphatic heterocycles. The lowest BCUT2D eigenvalue weighted by Gasteiger charge is -2.34.